The Hall–Kier alpha value is -2.07. The number of thioether (sulfide) groups is 1. The van der Waals surface area contributed by atoms with Crippen LogP contribution in [-0.2, 0) is 16.1 Å². The predicted molar refractivity (Wildman–Crippen MR) is 101 cm³/mol. The van der Waals surface area contributed by atoms with E-state index in [2.05, 4.69) is 32.4 Å². The van der Waals surface area contributed by atoms with Gasteiger partial charge in [0.2, 0.25) is 11.9 Å². The van der Waals surface area contributed by atoms with Gasteiger partial charge in [-0.15, -0.1) is 10.2 Å². The molecule has 142 valence electrons. The fourth-order valence-electron chi connectivity index (χ4n) is 2.80. The van der Waals surface area contributed by atoms with E-state index in [0.717, 1.165) is 30.7 Å². The van der Waals surface area contributed by atoms with Gasteiger partial charge < -0.3 is 15.0 Å². The Morgan fingerprint density at radius 2 is 2.12 bits per heavy atom. The number of hydrogen-bond donors (Lipinski definition) is 1. The molecule has 0 aromatic carbocycles. The molecule has 1 saturated heterocycles. The highest BCUT2D eigenvalue weighted by Gasteiger charge is 2.20. The second-order valence-electron chi connectivity index (χ2n) is 6.22. The molecule has 1 aliphatic rings. The van der Waals surface area contributed by atoms with Crippen LogP contribution in [0.3, 0.4) is 0 Å². The number of hydrogen-bond acceptors (Lipinski definition) is 7. The lowest BCUT2D eigenvalue weighted by Crippen LogP contribution is -2.38. The number of morpholine rings is 1. The molecule has 2 aromatic heterocycles. The molecule has 0 unspecified atom stereocenters. The minimum atomic E-state index is -0.0871. The predicted octanol–water partition coefficient (Wildman–Crippen LogP) is 1.64. The Morgan fingerprint density at radius 3 is 2.81 bits per heavy atom. The van der Waals surface area contributed by atoms with Crippen LogP contribution in [0.1, 0.15) is 26.8 Å². The second kappa shape index (κ2) is 8.54. The molecule has 0 radical (unpaired) electrons. The molecule has 0 aliphatic carbocycles. The highest BCUT2D eigenvalue weighted by Crippen LogP contribution is 2.23. The summed E-state index contributed by atoms with van der Waals surface area (Å²) in [6, 6.07) is 1.99. The molecule has 1 amide bonds. The van der Waals surface area contributed by atoms with Gasteiger partial charge in [0.05, 0.1) is 25.2 Å². The van der Waals surface area contributed by atoms with E-state index in [-0.39, 0.29) is 17.7 Å². The third kappa shape index (κ3) is 4.18. The lowest BCUT2D eigenvalue weighted by Gasteiger charge is -2.27. The van der Waals surface area contributed by atoms with Crippen LogP contribution < -0.4 is 10.2 Å². The summed E-state index contributed by atoms with van der Waals surface area (Å²) in [4.78, 5) is 14.5. The molecular formula is C16H25N7O2S. The van der Waals surface area contributed by atoms with Gasteiger partial charge in [0, 0.05) is 31.7 Å². The van der Waals surface area contributed by atoms with Crippen molar-refractivity contribution >= 4 is 29.4 Å². The van der Waals surface area contributed by atoms with Crippen LogP contribution >= 0.6 is 11.8 Å². The third-order valence-corrected chi connectivity index (χ3v) is 5.03. The highest BCUT2D eigenvalue weighted by atomic mass is 32.2. The molecule has 0 bridgehead atoms. The highest BCUT2D eigenvalue weighted by molar-refractivity contribution is 7.99. The average molecular weight is 379 g/mol. The van der Waals surface area contributed by atoms with E-state index >= 15 is 0 Å². The van der Waals surface area contributed by atoms with Gasteiger partial charge in [0.15, 0.2) is 5.16 Å². The first-order chi connectivity index (χ1) is 12.6. The maximum Gasteiger partial charge on any atom is 0.235 e. The van der Waals surface area contributed by atoms with E-state index in [1.54, 1.807) is 16.9 Å². The number of ether oxygens (including phenoxy) is 1. The Bertz CT molecular complexity index is 737. The van der Waals surface area contributed by atoms with Crippen molar-refractivity contribution in [2.75, 3.05) is 42.3 Å². The SMILES string of the molecule is CCn1c(SCC(=O)Nc2ccnn2C(C)C)nnc1N1CCOCC1. The van der Waals surface area contributed by atoms with E-state index in [4.69, 9.17) is 4.74 Å². The maximum absolute atomic E-state index is 12.3. The van der Waals surface area contributed by atoms with Crippen molar-refractivity contribution in [3.05, 3.63) is 12.3 Å². The number of carbonyl (C=O) groups is 1. The fraction of sp³-hybridized carbons (Fsp3) is 0.625. The van der Waals surface area contributed by atoms with Gasteiger partial charge in [-0.25, -0.2) is 4.68 Å². The van der Waals surface area contributed by atoms with E-state index in [1.807, 2.05) is 18.4 Å². The molecule has 10 heteroatoms. The van der Waals surface area contributed by atoms with Gasteiger partial charge in [0.1, 0.15) is 5.82 Å². The Kier molecular flexibility index (Phi) is 6.15. The van der Waals surface area contributed by atoms with Crippen LogP contribution in [0.5, 0.6) is 0 Å². The molecule has 26 heavy (non-hydrogen) atoms. The number of amides is 1. The number of nitrogens with one attached hydrogen (secondary N) is 1. The number of aromatic nitrogens is 5. The standard InChI is InChI=1S/C16H25N7O2S/c1-4-22-15(21-7-9-25-10-8-21)19-20-16(22)26-11-14(24)18-13-5-6-17-23(13)12(2)3/h5-6,12H,4,7-11H2,1-3H3,(H,18,24). The van der Waals surface area contributed by atoms with Crippen LogP contribution in [0.4, 0.5) is 11.8 Å². The van der Waals surface area contributed by atoms with E-state index < -0.39 is 0 Å². The van der Waals surface area contributed by atoms with E-state index in [9.17, 15) is 4.79 Å². The summed E-state index contributed by atoms with van der Waals surface area (Å²) in [5.41, 5.74) is 0. The summed E-state index contributed by atoms with van der Waals surface area (Å²) in [7, 11) is 0. The number of carbonyl (C=O) groups excluding carboxylic acids is 1. The largest absolute Gasteiger partial charge is 0.378 e. The summed E-state index contributed by atoms with van der Waals surface area (Å²) in [6.07, 6.45) is 1.69. The number of nitrogens with zero attached hydrogens (tertiary/aromatic N) is 6. The molecule has 1 aliphatic heterocycles. The van der Waals surface area contributed by atoms with Crippen molar-refractivity contribution < 1.29 is 9.53 Å². The first-order valence-electron chi connectivity index (χ1n) is 8.82. The van der Waals surface area contributed by atoms with Gasteiger partial charge in [0.25, 0.3) is 0 Å². The van der Waals surface area contributed by atoms with Gasteiger partial charge in [-0.2, -0.15) is 5.10 Å². The zero-order valence-electron chi connectivity index (χ0n) is 15.4. The van der Waals surface area contributed by atoms with E-state index in [1.165, 1.54) is 11.8 Å². The summed E-state index contributed by atoms with van der Waals surface area (Å²) in [5.74, 6) is 1.73. The van der Waals surface area contributed by atoms with Crippen LogP contribution in [-0.4, -0.2) is 62.5 Å². The molecular weight excluding hydrogens is 354 g/mol. The lowest BCUT2D eigenvalue weighted by molar-refractivity contribution is -0.113. The normalized spacial score (nSPS) is 14.8. The molecule has 9 nitrogen and oxygen atoms in total. The molecule has 3 heterocycles. The minimum absolute atomic E-state index is 0.0871. The summed E-state index contributed by atoms with van der Waals surface area (Å²) < 4.78 is 9.22. The quantitative estimate of drug-likeness (QED) is 0.732. The smallest absolute Gasteiger partial charge is 0.235 e. The first-order valence-corrected chi connectivity index (χ1v) is 9.80. The lowest BCUT2D eigenvalue weighted by atomic mass is 10.4. The molecule has 1 fully saturated rings. The molecule has 0 spiro atoms. The monoisotopic (exact) mass is 379 g/mol. The van der Waals surface area contributed by atoms with Crippen molar-refractivity contribution in [3.63, 3.8) is 0 Å². The van der Waals surface area contributed by atoms with Crippen molar-refractivity contribution in [3.8, 4) is 0 Å². The topological polar surface area (TPSA) is 90.1 Å². The Labute approximate surface area is 157 Å². The fourth-order valence-corrected chi connectivity index (χ4v) is 3.59. The van der Waals surface area contributed by atoms with Crippen LogP contribution in [0.25, 0.3) is 0 Å². The summed E-state index contributed by atoms with van der Waals surface area (Å²) in [6.45, 7) is 9.87. The Balaban J connectivity index is 1.61. The summed E-state index contributed by atoms with van der Waals surface area (Å²) in [5, 5.41) is 16.5. The van der Waals surface area contributed by atoms with Gasteiger partial charge in [-0.1, -0.05) is 11.8 Å². The van der Waals surface area contributed by atoms with Crippen molar-refractivity contribution in [1.82, 2.24) is 24.5 Å². The van der Waals surface area contributed by atoms with Gasteiger partial charge in [-0.05, 0) is 20.8 Å². The van der Waals surface area contributed by atoms with Crippen LogP contribution in [0.2, 0.25) is 0 Å². The van der Waals surface area contributed by atoms with Crippen LogP contribution in [0.15, 0.2) is 17.4 Å². The van der Waals surface area contributed by atoms with Crippen molar-refractivity contribution in [1.29, 1.82) is 0 Å². The second-order valence-corrected chi connectivity index (χ2v) is 7.16. The maximum atomic E-state index is 12.3. The average Bonchev–Trinajstić information content (AvgIpc) is 3.27. The first kappa shape index (κ1) is 18.7. The van der Waals surface area contributed by atoms with Crippen molar-refractivity contribution in [2.24, 2.45) is 0 Å². The molecule has 0 atom stereocenters. The number of anilines is 2. The van der Waals surface area contributed by atoms with Crippen molar-refractivity contribution in [2.45, 2.75) is 38.5 Å². The molecule has 0 saturated carbocycles. The van der Waals surface area contributed by atoms with E-state index in [0.29, 0.717) is 19.0 Å². The number of rotatable bonds is 7. The van der Waals surface area contributed by atoms with Gasteiger partial charge in [-0.3, -0.25) is 9.36 Å². The molecule has 1 N–H and O–H groups in total. The molecule has 2 aromatic rings. The zero-order chi connectivity index (χ0) is 18.5. The Morgan fingerprint density at radius 1 is 1.35 bits per heavy atom. The third-order valence-electron chi connectivity index (χ3n) is 4.07. The molecule has 3 rings (SSSR count). The summed E-state index contributed by atoms with van der Waals surface area (Å²) >= 11 is 1.39. The van der Waals surface area contributed by atoms with Crippen LogP contribution in [0, 0.1) is 0 Å². The van der Waals surface area contributed by atoms with Gasteiger partial charge >= 0.3 is 0 Å². The minimum Gasteiger partial charge on any atom is -0.378 e. The zero-order valence-corrected chi connectivity index (χ0v) is 16.2.